The Morgan fingerprint density at radius 2 is 1.79 bits per heavy atom. The first-order valence-electron chi connectivity index (χ1n) is 8.44. The zero-order valence-electron chi connectivity index (χ0n) is 14.0. The smallest absolute Gasteiger partial charge is 0.231 e. The van der Waals surface area contributed by atoms with Crippen molar-refractivity contribution in [2.24, 2.45) is 0 Å². The first-order chi connectivity index (χ1) is 11.7. The van der Waals surface area contributed by atoms with E-state index in [-0.39, 0.29) is 0 Å². The highest BCUT2D eigenvalue weighted by molar-refractivity contribution is 7.18. The molecule has 1 aliphatic rings. The van der Waals surface area contributed by atoms with Gasteiger partial charge in [0.15, 0.2) is 0 Å². The van der Waals surface area contributed by atoms with Gasteiger partial charge in [0, 0.05) is 4.88 Å². The maximum Gasteiger partial charge on any atom is 0.231 e. The summed E-state index contributed by atoms with van der Waals surface area (Å²) in [7, 11) is 0. The van der Waals surface area contributed by atoms with Gasteiger partial charge in [0.25, 0.3) is 0 Å². The van der Waals surface area contributed by atoms with Gasteiger partial charge in [-0.15, -0.1) is 11.3 Å². The molecule has 4 nitrogen and oxygen atoms in total. The number of thiophene rings is 1. The third-order valence-electron chi connectivity index (χ3n) is 4.24. The normalized spacial score (nSPS) is 13.8. The van der Waals surface area contributed by atoms with Gasteiger partial charge in [-0.2, -0.15) is 4.98 Å². The van der Waals surface area contributed by atoms with E-state index < -0.39 is 0 Å². The largest absolute Gasteiger partial charge is 0.494 e. The summed E-state index contributed by atoms with van der Waals surface area (Å²) in [5, 5.41) is 1.11. The lowest BCUT2D eigenvalue weighted by molar-refractivity contribution is 0.339. The molecule has 0 saturated heterocycles. The van der Waals surface area contributed by atoms with Crippen LogP contribution >= 0.6 is 11.3 Å². The second-order valence-corrected chi connectivity index (χ2v) is 7.06. The molecule has 0 N–H and O–H groups in total. The van der Waals surface area contributed by atoms with Crippen LogP contribution in [0.2, 0.25) is 0 Å². The average Bonchev–Trinajstić information content (AvgIpc) is 2.95. The molecule has 0 atom stereocenters. The molecular weight excluding hydrogens is 320 g/mol. The van der Waals surface area contributed by atoms with Crippen LogP contribution in [0.25, 0.3) is 10.2 Å². The summed E-state index contributed by atoms with van der Waals surface area (Å²) in [6, 6.07) is 7.69. The highest BCUT2D eigenvalue weighted by Crippen LogP contribution is 2.40. The number of aromatic nitrogens is 2. The topological polar surface area (TPSA) is 44.2 Å². The van der Waals surface area contributed by atoms with Crippen molar-refractivity contribution in [3.8, 4) is 17.4 Å². The number of hydrogen-bond acceptors (Lipinski definition) is 5. The fourth-order valence-electron chi connectivity index (χ4n) is 3.18. The highest BCUT2D eigenvalue weighted by atomic mass is 32.1. The molecule has 0 saturated carbocycles. The maximum absolute atomic E-state index is 6.13. The van der Waals surface area contributed by atoms with Crippen molar-refractivity contribution in [1.82, 2.24) is 9.97 Å². The van der Waals surface area contributed by atoms with Gasteiger partial charge in [-0.1, -0.05) is 0 Å². The fraction of sp³-hybridized carbons (Fsp3) is 0.368. The van der Waals surface area contributed by atoms with Gasteiger partial charge in [-0.25, -0.2) is 4.98 Å². The van der Waals surface area contributed by atoms with E-state index in [1.807, 2.05) is 38.1 Å². The van der Waals surface area contributed by atoms with E-state index in [2.05, 4.69) is 9.97 Å². The Labute approximate surface area is 145 Å². The Kier molecular flexibility index (Phi) is 4.10. The van der Waals surface area contributed by atoms with E-state index >= 15 is 0 Å². The molecule has 124 valence electrons. The Morgan fingerprint density at radius 3 is 2.58 bits per heavy atom. The van der Waals surface area contributed by atoms with Crippen LogP contribution in [0, 0.1) is 6.92 Å². The van der Waals surface area contributed by atoms with Gasteiger partial charge in [0.1, 0.15) is 22.2 Å². The van der Waals surface area contributed by atoms with E-state index in [0.29, 0.717) is 12.5 Å². The standard InChI is InChI=1S/C19H20N2O2S/c1-3-22-13-8-10-14(11-9-13)23-18-17-15-6-4-5-7-16(15)24-19(17)21-12(2)20-18/h8-11H,3-7H2,1-2H3. The maximum atomic E-state index is 6.13. The van der Waals surface area contributed by atoms with Crippen molar-refractivity contribution in [1.29, 1.82) is 0 Å². The lowest BCUT2D eigenvalue weighted by Crippen LogP contribution is -2.00. The van der Waals surface area contributed by atoms with Crippen LogP contribution in [0.15, 0.2) is 24.3 Å². The van der Waals surface area contributed by atoms with E-state index in [4.69, 9.17) is 9.47 Å². The molecule has 0 spiro atoms. The monoisotopic (exact) mass is 340 g/mol. The Hall–Kier alpha value is -2.14. The number of benzene rings is 1. The summed E-state index contributed by atoms with van der Waals surface area (Å²) in [5.41, 5.74) is 1.39. The molecule has 0 bridgehead atoms. The van der Waals surface area contributed by atoms with Crippen molar-refractivity contribution in [3.63, 3.8) is 0 Å². The zero-order valence-corrected chi connectivity index (χ0v) is 14.8. The molecule has 2 heterocycles. The van der Waals surface area contributed by atoms with Gasteiger partial charge in [-0.05, 0) is 69.4 Å². The van der Waals surface area contributed by atoms with Crippen LogP contribution in [0.3, 0.4) is 0 Å². The minimum absolute atomic E-state index is 0.660. The molecule has 3 aromatic rings. The molecule has 1 aromatic carbocycles. The van der Waals surface area contributed by atoms with E-state index in [1.54, 1.807) is 11.3 Å². The van der Waals surface area contributed by atoms with Gasteiger partial charge >= 0.3 is 0 Å². The van der Waals surface area contributed by atoms with Crippen molar-refractivity contribution in [3.05, 3.63) is 40.5 Å². The average molecular weight is 340 g/mol. The van der Waals surface area contributed by atoms with Crippen LogP contribution in [0.1, 0.15) is 36.0 Å². The van der Waals surface area contributed by atoms with Gasteiger partial charge < -0.3 is 9.47 Å². The third kappa shape index (κ3) is 2.84. The second kappa shape index (κ2) is 6.40. The molecule has 2 aromatic heterocycles. The zero-order chi connectivity index (χ0) is 16.5. The summed E-state index contributed by atoms with van der Waals surface area (Å²) >= 11 is 1.80. The lowest BCUT2D eigenvalue weighted by Gasteiger charge is -2.12. The number of fused-ring (bicyclic) bond motifs is 3. The number of hydrogen-bond donors (Lipinski definition) is 0. The predicted molar refractivity (Wildman–Crippen MR) is 96.5 cm³/mol. The molecule has 24 heavy (non-hydrogen) atoms. The summed E-state index contributed by atoms with van der Waals surface area (Å²) < 4.78 is 11.6. The van der Waals surface area contributed by atoms with Crippen LogP contribution in [0.4, 0.5) is 0 Å². The highest BCUT2D eigenvalue weighted by Gasteiger charge is 2.21. The van der Waals surface area contributed by atoms with Gasteiger partial charge in [-0.3, -0.25) is 0 Å². The quantitative estimate of drug-likeness (QED) is 0.665. The Morgan fingerprint density at radius 1 is 1.04 bits per heavy atom. The number of ether oxygens (including phenoxy) is 2. The molecule has 5 heteroatoms. The molecule has 0 amide bonds. The molecule has 4 rings (SSSR count). The molecular formula is C19H20N2O2S. The van der Waals surface area contributed by atoms with Gasteiger partial charge in [0.05, 0.1) is 12.0 Å². The minimum Gasteiger partial charge on any atom is -0.494 e. The Balaban J connectivity index is 1.74. The first-order valence-corrected chi connectivity index (χ1v) is 9.26. The fourth-order valence-corrected chi connectivity index (χ4v) is 4.48. The van der Waals surface area contributed by atoms with Crippen molar-refractivity contribution < 1.29 is 9.47 Å². The van der Waals surface area contributed by atoms with Crippen molar-refractivity contribution in [2.75, 3.05) is 6.61 Å². The summed E-state index contributed by atoms with van der Waals surface area (Å²) in [6.07, 6.45) is 4.75. The summed E-state index contributed by atoms with van der Waals surface area (Å²) in [6.45, 7) is 4.56. The van der Waals surface area contributed by atoms with E-state index in [1.165, 1.54) is 23.3 Å². The third-order valence-corrected chi connectivity index (χ3v) is 5.43. The number of rotatable bonds is 4. The molecule has 0 radical (unpaired) electrons. The molecule has 0 unspecified atom stereocenters. The first kappa shape index (κ1) is 15.4. The second-order valence-electron chi connectivity index (χ2n) is 5.97. The Bertz CT molecular complexity index is 871. The molecule has 1 aliphatic carbocycles. The van der Waals surface area contributed by atoms with Crippen LogP contribution < -0.4 is 9.47 Å². The molecule has 0 aliphatic heterocycles. The SMILES string of the molecule is CCOc1ccc(Oc2nc(C)nc3sc4c(c23)CCCC4)cc1. The van der Waals surface area contributed by atoms with Crippen molar-refractivity contribution in [2.45, 2.75) is 39.5 Å². The number of nitrogens with zero attached hydrogens (tertiary/aromatic N) is 2. The minimum atomic E-state index is 0.660. The summed E-state index contributed by atoms with van der Waals surface area (Å²) in [4.78, 5) is 11.7. The predicted octanol–water partition coefficient (Wildman–Crippen LogP) is 5.07. The van der Waals surface area contributed by atoms with E-state index in [9.17, 15) is 0 Å². The lowest BCUT2D eigenvalue weighted by atomic mass is 9.97. The van der Waals surface area contributed by atoms with Crippen LogP contribution in [0.5, 0.6) is 17.4 Å². The number of aryl methyl sites for hydroxylation is 3. The van der Waals surface area contributed by atoms with E-state index in [0.717, 1.165) is 40.4 Å². The molecule has 0 fully saturated rings. The van der Waals surface area contributed by atoms with Crippen molar-refractivity contribution >= 4 is 21.6 Å². The summed E-state index contributed by atoms with van der Waals surface area (Å²) in [5.74, 6) is 3.05. The van der Waals surface area contributed by atoms with Crippen LogP contribution in [-0.2, 0) is 12.8 Å². The van der Waals surface area contributed by atoms with Gasteiger partial charge in [0.2, 0.25) is 5.88 Å². The van der Waals surface area contributed by atoms with Crippen LogP contribution in [-0.4, -0.2) is 16.6 Å².